The number of hydrogen-bond donors (Lipinski definition) is 1. The summed E-state index contributed by atoms with van der Waals surface area (Å²) in [6, 6.07) is 2.26. The first-order valence-electron chi connectivity index (χ1n) is 11.0. The van der Waals surface area contributed by atoms with E-state index < -0.39 is 0 Å². The number of carbonyl (C=O) groups excluding carboxylic acids is 1. The molecular formula is C23H25N5O2S2. The number of nitriles is 1. The number of anilines is 1. The van der Waals surface area contributed by atoms with Gasteiger partial charge in [-0.05, 0) is 70.2 Å². The number of nitrogens with zero attached hydrogens (tertiary/aromatic N) is 4. The molecule has 0 saturated carbocycles. The third-order valence-corrected chi connectivity index (χ3v) is 8.59. The fourth-order valence-corrected chi connectivity index (χ4v) is 7.29. The highest BCUT2D eigenvalue weighted by atomic mass is 32.1. The van der Waals surface area contributed by atoms with Crippen molar-refractivity contribution in [3.05, 3.63) is 42.6 Å². The number of rotatable bonds is 5. The molecule has 1 N–H and O–H groups in total. The fourth-order valence-electron chi connectivity index (χ4n) is 4.77. The normalized spacial score (nSPS) is 15.1. The van der Waals surface area contributed by atoms with Crippen LogP contribution in [-0.2, 0) is 43.6 Å². The molecule has 0 bridgehead atoms. The van der Waals surface area contributed by atoms with Gasteiger partial charge in [0.15, 0.2) is 0 Å². The summed E-state index contributed by atoms with van der Waals surface area (Å²) in [6.07, 6.45) is 7.04. The van der Waals surface area contributed by atoms with Crippen molar-refractivity contribution >= 4 is 43.8 Å². The average Bonchev–Trinajstić information content (AvgIpc) is 3.42. The van der Waals surface area contributed by atoms with Crippen LogP contribution in [-0.4, -0.2) is 34.5 Å². The summed E-state index contributed by atoms with van der Waals surface area (Å²) >= 11 is 3.12. The van der Waals surface area contributed by atoms with Crippen LogP contribution in [0.5, 0.6) is 0 Å². The monoisotopic (exact) mass is 467 g/mol. The van der Waals surface area contributed by atoms with E-state index in [2.05, 4.69) is 11.4 Å². The zero-order valence-electron chi connectivity index (χ0n) is 18.3. The first-order valence-corrected chi connectivity index (χ1v) is 12.6. The van der Waals surface area contributed by atoms with Crippen LogP contribution in [0.2, 0.25) is 0 Å². The van der Waals surface area contributed by atoms with E-state index in [4.69, 9.17) is 4.98 Å². The molecule has 0 radical (unpaired) electrons. The summed E-state index contributed by atoms with van der Waals surface area (Å²) in [5.41, 5.74) is 2.65. The van der Waals surface area contributed by atoms with E-state index in [-0.39, 0.29) is 18.0 Å². The van der Waals surface area contributed by atoms with E-state index in [1.165, 1.54) is 25.7 Å². The van der Waals surface area contributed by atoms with Gasteiger partial charge in [0, 0.05) is 9.75 Å². The number of aryl methyl sites for hydroxylation is 3. The standard InChI is InChI=1S/C23H25N5O2S2/c1-27(2)11-18-25-22-20(14-6-3-4-8-17(14)32-22)23(30)28(18)12-19(29)26-21-15(10-24)13-7-5-9-16(13)31-21/h3-9,11-12H2,1-2H3,(H,26,29). The molecule has 166 valence electrons. The molecule has 3 heterocycles. The summed E-state index contributed by atoms with van der Waals surface area (Å²) in [5.74, 6) is 0.296. The van der Waals surface area contributed by atoms with Gasteiger partial charge in [-0.1, -0.05) is 0 Å². The molecule has 0 unspecified atom stereocenters. The molecule has 9 heteroatoms. The lowest BCUT2D eigenvalue weighted by atomic mass is 9.97. The van der Waals surface area contributed by atoms with Gasteiger partial charge >= 0.3 is 0 Å². The van der Waals surface area contributed by atoms with Crippen LogP contribution in [0.15, 0.2) is 4.79 Å². The molecule has 0 aromatic carbocycles. The molecule has 0 aliphatic heterocycles. The highest BCUT2D eigenvalue weighted by Gasteiger charge is 2.25. The van der Waals surface area contributed by atoms with Crippen LogP contribution in [0.4, 0.5) is 5.00 Å². The van der Waals surface area contributed by atoms with Crippen molar-refractivity contribution in [1.29, 1.82) is 5.26 Å². The van der Waals surface area contributed by atoms with Crippen molar-refractivity contribution in [2.75, 3.05) is 19.4 Å². The van der Waals surface area contributed by atoms with E-state index >= 15 is 0 Å². The number of nitrogens with one attached hydrogen (secondary N) is 1. The predicted molar refractivity (Wildman–Crippen MR) is 128 cm³/mol. The SMILES string of the molecule is CN(C)Cc1nc2sc3c(c2c(=O)n1CC(=O)Nc1sc2c(c1C#N)CCC2)CCCC3. The minimum absolute atomic E-state index is 0.108. The molecule has 0 saturated heterocycles. The molecule has 2 aliphatic rings. The summed E-state index contributed by atoms with van der Waals surface area (Å²) in [7, 11) is 3.85. The Labute approximate surface area is 194 Å². The molecule has 2 aliphatic carbocycles. The number of carbonyl (C=O) groups is 1. The third-order valence-electron chi connectivity index (χ3n) is 6.20. The first kappa shape index (κ1) is 21.3. The van der Waals surface area contributed by atoms with Crippen molar-refractivity contribution in [2.24, 2.45) is 0 Å². The molecule has 3 aromatic heterocycles. The molecule has 32 heavy (non-hydrogen) atoms. The topological polar surface area (TPSA) is 91.0 Å². The molecule has 0 atom stereocenters. The number of fused-ring (bicyclic) bond motifs is 4. The van der Waals surface area contributed by atoms with Crippen LogP contribution in [0.1, 0.15) is 51.5 Å². The highest BCUT2D eigenvalue weighted by molar-refractivity contribution is 7.18. The quantitative estimate of drug-likeness (QED) is 0.621. The second-order valence-electron chi connectivity index (χ2n) is 8.77. The first-order chi connectivity index (χ1) is 15.5. The van der Waals surface area contributed by atoms with Gasteiger partial charge in [0.05, 0.1) is 17.5 Å². The van der Waals surface area contributed by atoms with Crippen LogP contribution < -0.4 is 10.9 Å². The Balaban J connectivity index is 1.51. The van der Waals surface area contributed by atoms with Crippen molar-refractivity contribution < 1.29 is 4.79 Å². The molecule has 0 spiro atoms. The number of hydrogen-bond acceptors (Lipinski definition) is 7. The summed E-state index contributed by atoms with van der Waals surface area (Å²) in [5, 5.41) is 13.8. The van der Waals surface area contributed by atoms with E-state index in [1.54, 1.807) is 11.3 Å². The van der Waals surface area contributed by atoms with Crippen LogP contribution in [0.25, 0.3) is 10.2 Å². The largest absolute Gasteiger partial charge is 0.315 e. The van der Waals surface area contributed by atoms with Crippen molar-refractivity contribution in [3.63, 3.8) is 0 Å². The Hall–Kier alpha value is -2.54. The van der Waals surface area contributed by atoms with Crippen molar-refractivity contribution in [1.82, 2.24) is 14.5 Å². The van der Waals surface area contributed by atoms with Gasteiger partial charge in [-0.15, -0.1) is 22.7 Å². The molecule has 3 aromatic rings. The Kier molecular flexibility index (Phi) is 5.61. The Morgan fingerprint density at radius 2 is 1.84 bits per heavy atom. The number of aromatic nitrogens is 2. The average molecular weight is 468 g/mol. The summed E-state index contributed by atoms with van der Waals surface area (Å²) < 4.78 is 1.52. The number of amides is 1. The fraction of sp³-hybridized carbons (Fsp3) is 0.478. The van der Waals surface area contributed by atoms with Crippen molar-refractivity contribution in [3.8, 4) is 6.07 Å². The van der Waals surface area contributed by atoms with E-state index in [1.807, 2.05) is 19.0 Å². The molecule has 5 rings (SSSR count). The Bertz CT molecular complexity index is 1330. The lowest BCUT2D eigenvalue weighted by Gasteiger charge is -2.16. The minimum atomic E-state index is -0.297. The zero-order valence-corrected chi connectivity index (χ0v) is 19.9. The van der Waals surface area contributed by atoms with Crippen molar-refractivity contribution in [2.45, 2.75) is 58.0 Å². The van der Waals surface area contributed by atoms with Crippen LogP contribution >= 0.6 is 22.7 Å². The molecule has 1 amide bonds. The zero-order chi connectivity index (χ0) is 22.4. The second kappa shape index (κ2) is 8.43. The van der Waals surface area contributed by atoms with Crippen LogP contribution in [0, 0.1) is 11.3 Å². The smallest absolute Gasteiger partial charge is 0.263 e. The predicted octanol–water partition coefficient (Wildman–Crippen LogP) is 3.46. The van der Waals surface area contributed by atoms with Gasteiger partial charge < -0.3 is 10.2 Å². The highest BCUT2D eigenvalue weighted by Crippen LogP contribution is 2.38. The molecule has 0 fully saturated rings. The number of thiophene rings is 2. The minimum Gasteiger partial charge on any atom is -0.315 e. The lowest BCUT2D eigenvalue weighted by Crippen LogP contribution is -2.33. The Morgan fingerprint density at radius 3 is 2.62 bits per heavy atom. The maximum absolute atomic E-state index is 13.6. The third kappa shape index (κ3) is 3.66. The van der Waals surface area contributed by atoms with Gasteiger partial charge in [-0.3, -0.25) is 14.2 Å². The van der Waals surface area contributed by atoms with Gasteiger partial charge in [0.25, 0.3) is 5.56 Å². The Morgan fingerprint density at radius 1 is 1.12 bits per heavy atom. The van der Waals surface area contributed by atoms with Gasteiger partial charge in [0.2, 0.25) is 5.91 Å². The maximum Gasteiger partial charge on any atom is 0.263 e. The summed E-state index contributed by atoms with van der Waals surface area (Å²) in [4.78, 5) is 36.6. The molecular weight excluding hydrogens is 442 g/mol. The van der Waals surface area contributed by atoms with Crippen LogP contribution in [0.3, 0.4) is 0 Å². The second-order valence-corrected chi connectivity index (χ2v) is 11.0. The maximum atomic E-state index is 13.6. The van der Waals surface area contributed by atoms with E-state index in [9.17, 15) is 14.9 Å². The molecule has 7 nitrogen and oxygen atoms in total. The van der Waals surface area contributed by atoms with Gasteiger partial charge in [-0.25, -0.2) is 4.98 Å². The van der Waals surface area contributed by atoms with Gasteiger partial charge in [0.1, 0.15) is 28.3 Å². The lowest BCUT2D eigenvalue weighted by molar-refractivity contribution is -0.116. The summed E-state index contributed by atoms with van der Waals surface area (Å²) in [6.45, 7) is 0.362. The van der Waals surface area contributed by atoms with E-state index in [0.717, 1.165) is 60.9 Å². The van der Waals surface area contributed by atoms with E-state index in [0.29, 0.717) is 28.3 Å². The van der Waals surface area contributed by atoms with Gasteiger partial charge in [-0.2, -0.15) is 5.26 Å².